The van der Waals surface area contributed by atoms with Gasteiger partial charge in [-0.3, -0.25) is 4.79 Å². The molecular weight excluding hydrogens is 311 g/mol. The maximum Gasteiger partial charge on any atom is 0.275 e. The Bertz CT molecular complexity index is 500. The van der Waals surface area contributed by atoms with Crippen LogP contribution in [0.3, 0.4) is 0 Å². The van der Waals surface area contributed by atoms with Crippen molar-refractivity contribution < 1.29 is 14.4 Å². The van der Waals surface area contributed by atoms with Crippen LogP contribution in [-0.2, 0) is 16.1 Å². The molecule has 1 aliphatic rings. The van der Waals surface area contributed by atoms with Crippen LogP contribution >= 0.6 is 23.2 Å². The molecular formula is C15H21Cl2N2O2+. The SMILES string of the molecule is C[C@H]1C[NH+](CC(=O)NCc2ccc(Cl)cc2Cl)C[C@H](C)O1. The maximum absolute atomic E-state index is 12.0. The number of carbonyl (C=O) groups excluding carboxylic acids is 1. The number of halogens is 2. The van der Waals surface area contributed by atoms with Crippen LogP contribution in [0, 0.1) is 0 Å². The molecule has 1 aromatic carbocycles. The third-order valence-electron chi connectivity index (χ3n) is 3.52. The molecule has 1 heterocycles. The Hall–Kier alpha value is -0.810. The zero-order chi connectivity index (χ0) is 15.4. The predicted octanol–water partition coefficient (Wildman–Crippen LogP) is 1.30. The van der Waals surface area contributed by atoms with Gasteiger partial charge in [0.2, 0.25) is 0 Å². The van der Waals surface area contributed by atoms with Crippen LogP contribution in [0.1, 0.15) is 19.4 Å². The standard InChI is InChI=1S/C15H20Cl2N2O2/c1-10-7-19(8-11(2)21-10)9-15(20)18-6-12-3-4-13(16)5-14(12)17/h3-5,10-11H,6-9H2,1-2H3,(H,18,20)/p+1/t10-,11-/m0/s1. The molecule has 6 heteroatoms. The number of benzene rings is 1. The summed E-state index contributed by atoms with van der Waals surface area (Å²) in [5, 5.41) is 4.07. The van der Waals surface area contributed by atoms with Gasteiger partial charge in [-0.15, -0.1) is 0 Å². The smallest absolute Gasteiger partial charge is 0.275 e. The first-order valence-electron chi connectivity index (χ1n) is 7.13. The molecule has 116 valence electrons. The quantitative estimate of drug-likeness (QED) is 0.873. The molecule has 1 aliphatic heterocycles. The number of hydrogen-bond donors (Lipinski definition) is 2. The monoisotopic (exact) mass is 331 g/mol. The first kappa shape index (κ1) is 16.6. The summed E-state index contributed by atoms with van der Waals surface area (Å²) in [6.07, 6.45) is 0.393. The van der Waals surface area contributed by atoms with Gasteiger partial charge in [-0.2, -0.15) is 0 Å². The molecule has 0 spiro atoms. The normalized spacial score (nSPS) is 25.6. The fourth-order valence-corrected chi connectivity index (χ4v) is 3.16. The first-order valence-corrected chi connectivity index (χ1v) is 7.89. The van der Waals surface area contributed by atoms with E-state index in [9.17, 15) is 4.79 Å². The lowest BCUT2D eigenvalue weighted by Gasteiger charge is -2.31. The number of hydrogen-bond acceptors (Lipinski definition) is 2. The first-order chi connectivity index (χ1) is 9.94. The predicted molar refractivity (Wildman–Crippen MR) is 83.9 cm³/mol. The molecule has 1 fully saturated rings. The van der Waals surface area contributed by atoms with E-state index in [1.54, 1.807) is 12.1 Å². The van der Waals surface area contributed by atoms with Crippen LogP contribution in [0.4, 0.5) is 0 Å². The maximum atomic E-state index is 12.0. The van der Waals surface area contributed by atoms with Crippen molar-refractivity contribution in [2.75, 3.05) is 19.6 Å². The van der Waals surface area contributed by atoms with Gasteiger partial charge in [0.05, 0.1) is 0 Å². The van der Waals surface area contributed by atoms with Crippen molar-refractivity contribution in [3.63, 3.8) is 0 Å². The van der Waals surface area contributed by atoms with Crippen molar-refractivity contribution in [2.24, 2.45) is 0 Å². The Kier molecular flexibility index (Phi) is 5.88. The van der Waals surface area contributed by atoms with E-state index in [4.69, 9.17) is 27.9 Å². The summed E-state index contributed by atoms with van der Waals surface area (Å²) in [7, 11) is 0. The second kappa shape index (κ2) is 7.45. The third-order valence-corrected chi connectivity index (χ3v) is 4.11. The van der Waals surface area contributed by atoms with Crippen LogP contribution in [-0.4, -0.2) is 37.7 Å². The Morgan fingerprint density at radius 2 is 2.00 bits per heavy atom. The zero-order valence-electron chi connectivity index (χ0n) is 12.3. The van der Waals surface area contributed by atoms with Crippen molar-refractivity contribution in [1.82, 2.24) is 5.32 Å². The van der Waals surface area contributed by atoms with Crippen molar-refractivity contribution in [1.29, 1.82) is 0 Å². The molecule has 1 saturated heterocycles. The van der Waals surface area contributed by atoms with Crippen LogP contribution in [0.15, 0.2) is 18.2 Å². The lowest BCUT2D eigenvalue weighted by atomic mass is 10.2. The summed E-state index contributed by atoms with van der Waals surface area (Å²) in [4.78, 5) is 13.3. The minimum absolute atomic E-state index is 0.0253. The number of ether oxygens (including phenoxy) is 1. The highest BCUT2D eigenvalue weighted by Gasteiger charge is 2.27. The molecule has 2 atom stereocenters. The molecule has 21 heavy (non-hydrogen) atoms. The highest BCUT2D eigenvalue weighted by atomic mass is 35.5. The largest absolute Gasteiger partial charge is 0.364 e. The van der Waals surface area contributed by atoms with Gasteiger partial charge in [-0.1, -0.05) is 29.3 Å². The molecule has 0 saturated carbocycles. The van der Waals surface area contributed by atoms with E-state index in [1.165, 1.54) is 4.90 Å². The molecule has 1 amide bonds. The van der Waals surface area contributed by atoms with E-state index in [-0.39, 0.29) is 18.1 Å². The van der Waals surface area contributed by atoms with Gasteiger partial charge in [0.25, 0.3) is 5.91 Å². The average Bonchev–Trinajstić information content (AvgIpc) is 2.36. The van der Waals surface area contributed by atoms with Crippen LogP contribution in [0.2, 0.25) is 10.0 Å². The minimum atomic E-state index is 0.0253. The van der Waals surface area contributed by atoms with Crippen molar-refractivity contribution in [3.05, 3.63) is 33.8 Å². The van der Waals surface area contributed by atoms with Gasteiger partial charge in [0, 0.05) is 16.6 Å². The van der Waals surface area contributed by atoms with E-state index in [1.807, 2.05) is 19.9 Å². The molecule has 0 aromatic heterocycles. The Morgan fingerprint density at radius 3 is 2.62 bits per heavy atom. The number of amides is 1. The lowest BCUT2D eigenvalue weighted by Crippen LogP contribution is -3.16. The van der Waals surface area contributed by atoms with Gasteiger partial charge in [0.15, 0.2) is 6.54 Å². The second-order valence-electron chi connectivity index (χ2n) is 5.60. The number of quaternary nitrogens is 1. The van der Waals surface area contributed by atoms with Crippen molar-refractivity contribution in [2.45, 2.75) is 32.6 Å². The molecule has 0 radical (unpaired) electrons. The van der Waals surface area contributed by atoms with E-state index in [0.29, 0.717) is 23.1 Å². The minimum Gasteiger partial charge on any atom is -0.364 e. The highest BCUT2D eigenvalue weighted by molar-refractivity contribution is 6.35. The summed E-state index contributed by atoms with van der Waals surface area (Å²) in [5.41, 5.74) is 0.869. The van der Waals surface area contributed by atoms with Gasteiger partial charge >= 0.3 is 0 Å². The lowest BCUT2D eigenvalue weighted by molar-refractivity contribution is -0.907. The van der Waals surface area contributed by atoms with Crippen LogP contribution in [0.25, 0.3) is 0 Å². The average molecular weight is 332 g/mol. The summed E-state index contributed by atoms with van der Waals surface area (Å²) in [6, 6.07) is 5.28. The molecule has 0 bridgehead atoms. The topological polar surface area (TPSA) is 42.8 Å². The number of morpholine rings is 1. The van der Waals surface area contributed by atoms with Crippen LogP contribution < -0.4 is 10.2 Å². The molecule has 0 unspecified atom stereocenters. The van der Waals surface area contributed by atoms with E-state index in [0.717, 1.165) is 18.7 Å². The molecule has 2 N–H and O–H groups in total. The highest BCUT2D eigenvalue weighted by Crippen LogP contribution is 2.20. The van der Waals surface area contributed by atoms with E-state index < -0.39 is 0 Å². The molecule has 1 aromatic rings. The fraction of sp³-hybridized carbons (Fsp3) is 0.533. The van der Waals surface area contributed by atoms with Gasteiger partial charge in [0.1, 0.15) is 25.3 Å². The van der Waals surface area contributed by atoms with E-state index in [2.05, 4.69) is 5.32 Å². The second-order valence-corrected chi connectivity index (χ2v) is 6.45. The van der Waals surface area contributed by atoms with Gasteiger partial charge < -0.3 is 15.0 Å². The summed E-state index contributed by atoms with van der Waals surface area (Å²) in [5.74, 6) is 0.0253. The molecule has 0 aliphatic carbocycles. The van der Waals surface area contributed by atoms with E-state index >= 15 is 0 Å². The van der Waals surface area contributed by atoms with Gasteiger partial charge in [-0.25, -0.2) is 0 Å². The van der Waals surface area contributed by atoms with Crippen LogP contribution in [0.5, 0.6) is 0 Å². The molecule has 2 rings (SSSR count). The van der Waals surface area contributed by atoms with Crippen molar-refractivity contribution >= 4 is 29.1 Å². The Balaban J connectivity index is 1.82. The summed E-state index contributed by atoms with van der Waals surface area (Å²) < 4.78 is 5.67. The third kappa shape index (κ3) is 5.15. The van der Waals surface area contributed by atoms with Crippen molar-refractivity contribution in [3.8, 4) is 0 Å². The zero-order valence-corrected chi connectivity index (χ0v) is 13.8. The molecule has 4 nitrogen and oxygen atoms in total. The summed E-state index contributed by atoms with van der Waals surface area (Å²) >= 11 is 11.9. The number of carbonyl (C=O) groups is 1. The number of rotatable bonds is 4. The Labute approximate surface area is 135 Å². The fourth-order valence-electron chi connectivity index (χ4n) is 2.68. The van der Waals surface area contributed by atoms with Gasteiger partial charge in [-0.05, 0) is 31.5 Å². The Morgan fingerprint density at radius 1 is 1.33 bits per heavy atom. The summed E-state index contributed by atoms with van der Waals surface area (Å²) in [6.45, 7) is 6.69. The number of nitrogens with one attached hydrogen (secondary N) is 2.